The van der Waals surface area contributed by atoms with Crippen LogP contribution in [0, 0.1) is 0 Å². The van der Waals surface area contributed by atoms with Crippen molar-refractivity contribution in [3.63, 3.8) is 0 Å². The first-order valence-electron chi connectivity index (χ1n) is 7.41. The summed E-state index contributed by atoms with van der Waals surface area (Å²) in [5.74, 6) is 0.436. The molecule has 1 aromatic rings. The molecule has 3 nitrogen and oxygen atoms in total. The molecule has 0 radical (unpaired) electrons. The number of benzene rings is 1. The van der Waals surface area contributed by atoms with Crippen LogP contribution in [-0.4, -0.2) is 33.8 Å². The van der Waals surface area contributed by atoms with Crippen LogP contribution in [0.15, 0.2) is 29.2 Å². The number of nitrogens with zero attached hydrogens (tertiary/aromatic N) is 1. The minimum Gasteiger partial charge on any atom is -0.480 e. The van der Waals surface area contributed by atoms with E-state index in [2.05, 4.69) is 29.2 Å². The fourth-order valence-electron chi connectivity index (χ4n) is 3.76. The maximum absolute atomic E-state index is 11.9. The van der Waals surface area contributed by atoms with Crippen LogP contribution in [0.25, 0.3) is 0 Å². The average molecular weight is 291 g/mol. The fourth-order valence-corrected chi connectivity index (χ4v) is 4.87. The summed E-state index contributed by atoms with van der Waals surface area (Å²) >= 11 is 1.89. The average Bonchev–Trinajstić information content (AvgIpc) is 2.91. The molecule has 0 aromatic heterocycles. The second-order valence-corrected chi connectivity index (χ2v) is 6.81. The Hall–Kier alpha value is -1.00. The van der Waals surface area contributed by atoms with E-state index in [9.17, 15) is 9.90 Å². The molecule has 1 saturated heterocycles. The molecule has 1 N–H and O–H groups in total. The molecule has 0 saturated carbocycles. The number of likely N-dealkylation sites (tertiary alicyclic amines) is 1. The molecule has 4 heteroatoms. The highest BCUT2D eigenvalue weighted by Gasteiger charge is 2.49. The second-order valence-electron chi connectivity index (χ2n) is 5.68. The first-order valence-corrected chi connectivity index (χ1v) is 8.39. The van der Waals surface area contributed by atoms with Gasteiger partial charge in [-0.25, -0.2) is 0 Å². The summed E-state index contributed by atoms with van der Waals surface area (Å²) in [5.41, 5.74) is 0.671. The van der Waals surface area contributed by atoms with Gasteiger partial charge in [-0.15, -0.1) is 11.8 Å². The lowest BCUT2D eigenvalue weighted by atomic mass is 9.89. The third-order valence-corrected chi connectivity index (χ3v) is 5.95. The van der Waals surface area contributed by atoms with Crippen LogP contribution in [-0.2, 0) is 4.79 Å². The largest absolute Gasteiger partial charge is 0.480 e. The molecule has 0 amide bonds. The normalized spacial score (nSPS) is 30.1. The van der Waals surface area contributed by atoms with Crippen molar-refractivity contribution in [2.45, 2.75) is 49.1 Å². The molecule has 1 aromatic carbocycles. The second kappa shape index (κ2) is 5.41. The summed E-state index contributed by atoms with van der Waals surface area (Å²) in [7, 11) is 0. The van der Waals surface area contributed by atoms with E-state index in [1.54, 1.807) is 0 Å². The summed E-state index contributed by atoms with van der Waals surface area (Å²) < 4.78 is 0. The van der Waals surface area contributed by atoms with Crippen molar-refractivity contribution in [3.05, 3.63) is 29.8 Å². The van der Waals surface area contributed by atoms with Gasteiger partial charge in [0.1, 0.15) is 5.54 Å². The van der Waals surface area contributed by atoms with Gasteiger partial charge in [-0.3, -0.25) is 9.69 Å². The van der Waals surface area contributed by atoms with Crippen LogP contribution < -0.4 is 0 Å². The molecule has 0 spiro atoms. The Labute approximate surface area is 124 Å². The van der Waals surface area contributed by atoms with E-state index in [4.69, 9.17) is 0 Å². The van der Waals surface area contributed by atoms with Crippen LogP contribution in [0.5, 0.6) is 0 Å². The number of carboxylic acid groups (broad SMARTS) is 1. The molecule has 2 atom stereocenters. The molecule has 2 aliphatic rings. The number of hydrogen-bond donors (Lipinski definition) is 1. The Bertz CT molecular complexity index is 519. The van der Waals surface area contributed by atoms with Crippen molar-refractivity contribution in [1.82, 2.24) is 4.90 Å². The van der Waals surface area contributed by atoms with Gasteiger partial charge in [0.05, 0.1) is 0 Å². The van der Waals surface area contributed by atoms with Crippen LogP contribution >= 0.6 is 11.8 Å². The first-order chi connectivity index (χ1) is 9.69. The molecule has 3 rings (SSSR count). The van der Waals surface area contributed by atoms with E-state index in [-0.39, 0.29) is 6.04 Å². The van der Waals surface area contributed by atoms with Crippen molar-refractivity contribution >= 4 is 17.7 Å². The number of aliphatic carboxylic acids is 1. The van der Waals surface area contributed by atoms with E-state index in [1.807, 2.05) is 18.7 Å². The highest BCUT2D eigenvalue weighted by molar-refractivity contribution is 7.99. The van der Waals surface area contributed by atoms with Gasteiger partial charge >= 0.3 is 5.97 Å². The van der Waals surface area contributed by atoms with Crippen LogP contribution in [0.3, 0.4) is 0 Å². The quantitative estimate of drug-likeness (QED) is 0.924. The van der Waals surface area contributed by atoms with Crippen molar-refractivity contribution < 1.29 is 9.90 Å². The van der Waals surface area contributed by atoms with E-state index in [0.717, 1.165) is 31.6 Å². The van der Waals surface area contributed by atoms with Gasteiger partial charge in [-0.1, -0.05) is 25.1 Å². The standard InChI is InChI=1S/C16H21NO2S/c1-2-16(15(18)19)9-5-10-17(16)13-8-11-20-14-7-4-3-6-12(13)14/h3-4,6-7,13H,2,5,8-11H2,1H3,(H,18,19). The molecule has 2 aliphatic heterocycles. The summed E-state index contributed by atoms with van der Waals surface area (Å²) in [6.45, 7) is 2.92. The predicted octanol–water partition coefficient (Wildman–Crippen LogP) is 3.55. The zero-order chi connectivity index (χ0) is 14.2. The van der Waals surface area contributed by atoms with Crippen molar-refractivity contribution in [2.24, 2.45) is 0 Å². The molecule has 2 unspecified atom stereocenters. The smallest absolute Gasteiger partial charge is 0.324 e. The lowest BCUT2D eigenvalue weighted by Crippen LogP contribution is -2.51. The third kappa shape index (κ3) is 2.06. The van der Waals surface area contributed by atoms with Gasteiger partial charge in [0.25, 0.3) is 0 Å². The van der Waals surface area contributed by atoms with Crippen LogP contribution in [0.1, 0.15) is 44.2 Å². The Kier molecular flexibility index (Phi) is 3.78. The molecule has 108 valence electrons. The Balaban J connectivity index is 1.99. The lowest BCUT2D eigenvalue weighted by Gasteiger charge is -2.42. The molecular weight excluding hydrogens is 270 g/mol. The van der Waals surface area contributed by atoms with Crippen molar-refractivity contribution in [3.8, 4) is 0 Å². The maximum atomic E-state index is 11.9. The molecule has 20 heavy (non-hydrogen) atoms. The van der Waals surface area contributed by atoms with E-state index in [0.29, 0.717) is 6.42 Å². The van der Waals surface area contributed by atoms with Crippen molar-refractivity contribution in [2.75, 3.05) is 12.3 Å². The summed E-state index contributed by atoms with van der Waals surface area (Å²) in [6.07, 6.45) is 3.52. The molecular formula is C16H21NO2S. The van der Waals surface area contributed by atoms with Gasteiger partial charge < -0.3 is 5.11 Å². The number of fused-ring (bicyclic) bond motifs is 1. The van der Waals surface area contributed by atoms with Crippen molar-refractivity contribution in [1.29, 1.82) is 0 Å². The Morgan fingerprint density at radius 2 is 2.30 bits per heavy atom. The number of carbonyl (C=O) groups is 1. The first kappa shape index (κ1) is 14.0. The SMILES string of the molecule is CCC1(C(=O)O)CCCN1C1CCSc2ccccc21. The molecule has 0 bridgehead atoms. The number of thioether (sulfide) groups is 1. The van der Waals surface area contributed by atoms with E-state index >= 15 is 0 Å². The van der Waals surface area contributed by atoms with Gasteiger partial charge in [0.15, 0.2) is 0 Å². The predicted molar refractivity (Wildman–Crippen MR) is 81.1 cm³/mol. The number of carboxylic acids is 1. The Morgan fingerprint density at radius 3 is 3.05 bits per heavy atom. The highest BCUT2D eigenvalue weighted by Crippen LogP contribution is 2.46. The molecule has 0 aliphatic carbocycles. The summed E-state index contributed by atoms with van der Waals surface area (Å²) in [4.78, 5) is 15.5. The fraction of sp³-hybridized carbons (Fsp3) is 0.562. The topological polar surface area (TPSA) is 40.5 Å². The number of rotatable bonds is 3. The van der Waals surface area contributed by atoms with E-state index in [1.165, 1.54) is 10.5 Å². The van der Waals surface area contributed by atoms with Crippen LogP contribution in [0.4, 0.5) is 0 Å². The number of hydrogen-bond acceptors (Lipinski definition) is 3. The van der Waals surface area contributed by atoms with Gasteiger partial charge in [-0.2, -0.15) is 0 Å². The lowest BCUT2D eigenvalue weighted by molar-refractivity contribution is -0.151. The summed E-state index contributed by atoms with van der Waals surface area (Å²) in [6, 6.07) is 8.75. The zero-order valence-corrected chi connectivity index (χ0v) is 12.7. The third-order valence-electron chi connectivity index (χ3n) is 4.83. The van der Waals surface area contributed by atoms with Gasteiger partial charge in [-0.05, 0) is 49.6 Å². The molecule has 2 heterocycles. The van der Waals surface area contributed by atoms with Crippen LogP contribution in [0.2, 0.25) is 0 Å². The highest BCUT2D eigenvalue weighted by atomic mass is 32.2. The van der Waals surface area contributed by atoms with Gasteiger partial charge in [0, 0.05) is 10.9 Å². The maximum Gasteiger partial charge on any atom is 0.324 e. The van der Waals surface area contributed by atoms with E-state index < -0.39 is 11.5 Å². The minimum absolute atomic E-state index is 0.269. The summed E-state index contributed by atoms with van der Waals surface area (Å²) in [5, 5.41) is 9.77. The minimum atomic E-state index is -0.653. The zero-order valence-electron chi connectivity index (χ0n) is 11.8. The monoisotopic (exact) mass is 291 g/mol. The molecule has 1 fully saturated rings. The Morgan fingerprint density at radius 1 is 1.50 bits per heavy atom. The van der Waals surface area contributed by atoms with Gasteiger partial charge in [0.2, 0.25) is 0 Å².